The summed E-state index contributed by atoms with van der Waals surface area (Å²) in [6.45, 7) is 2.30. The molecule has 7 nitrogen and oxygen atoms in total. The fourth-order valence-corrected chi connectivity index (χ4v) is 3.43. The maximum atomic E-state index is 12.9. The highest BCUT2D eigenvalue weighted by molar-refractivity contribution is 6.30. The van der Waals surface area contributed by atoms with Crippen molar-refractivity contribution in [3.05, 3.63) is 78.1 Å². The Morgan fingerprint density at radius 1 is 1.06 bits per heavy atom. The van der Waals surface area contributed by atoms with Gasteiger partial charge in [0.2, 0.25) is 0 Å². The van der Waals surface area contributed by atoms with Crippen LogP contribution in [0.15, 0.2) is 73.1 Å². The fourth-order valence-electron chi connectivity index (χ4n) is 3.27. The van der Waals surface area contributed by atoms with Gasteiger partial charge in [-0.1, -0.05) is 29.8 Å². The number of nitrogens with zero attached hydrogens (tertiary/aromatic N) is 2. The highest BCUT2D eigenvalue weighted by Crippen LogP contribution is 2.23. The van der Waals surface area contributed by atoms with Gasteiger partial charge in [0.25, 0.3) is 0 Å². The van der Waals surface area contributed by atoms with Gasteiger partial charge >= 0.3 is 6.03 Å². The first kappa shape index (κ1) is 26.5. The molecule has 1 unspecified atom stereocenters. The van der Waals surface area contributed by atoms with Crippen LogP contribution in [0.1, 0.15) is 0 Å². The van der Waals surface area contributed by atoms with E-state index >= 15 is 0 Å². The first-order valence-electron chi connectivity index (χ1n) is 10.0. The number of rotatable bonds is 6. The molecule has 0 radical (unpaired) electrons. The molecular weight excluding hydrogens is 487 g/mol. The SMILES string of the molecule is Cl.Cl.O=C(Nc1ccc(Oc2ccccc2)cc1)N1CCNCC1COc1cncc(Cl)c1. The lowest BCUT2D eigenvalue weighted by atomic mass is 10.2. The summed E-state index contributed by atoms with van der Waals surface area (Å²) in [5.74, 6) is 2.04. The van der Waals surface area contributed by atoms with Crippen molar-refractivity contribution in [2.45, 2.75) is 6.04 Å². The number of carbonyl (C=O) groups excluding carboxylic acids is 1. The Balaban J connectivity index is 0.00000193. The molecule has 1 fully saturated rings. The molecule has 1 saturated heterocycles. The topological polar surface area (TPSA) is 75.7 Å². The van der Waals surface area contributed by atoms with Gasteiger partial charge in [0.1, 0.15) is 23.9 Å². The van der Waals surface area contributed by atoms with Crippen molar-refractivity contribution >= 4 is 48.1 Å². The van der Waals surface area contributed by atoms with Crippen LogP contribution in [0.4, 0.5) is 10.5 Å². The van der Waals surface area contributed by atoms with Crippen molar-refractivity contribution < 1.29 is 14.3 Å². The second-order valence-corrected chi connectivity index (χ2v) is 7.51. The molecule has 1 aliphatic heterocycles. The van der Waals surface area contributed by atoms with E-state index in [1.165, 1.54) is 0 Å². The van der Waals surface area contributed by atoms with E-state index in [0.29, 0.717) is 41.9 Å². The van der Waals surface area contributed by atoms with Crippen LogP contribution in [-0.4, -0.2) is 48.2 Å². The summed E-state index contributed by atoms with van der Waals surface area (Å²) in [5, 5.41) is 6.76. The van der Waals surface area contributed by atoms with Crippen molar-refractivity contribution in [3.8, 4) is 17.2 Å². The zero-order valence-electron chi connectivity index (χ0n) is 17.6. The molecular formula is C23H25Cl3N4O3. The van der Waals surface area contributed by atoms with Crippen molar-refractivity contribution in [3.63, 3.8) is 0 Å². The summed E-state index contributed by atoms with van der Waals surface area (Å²) in [4.78, 5) is 18.7. The number of carbonyl (C=O) groups is 1. The number of nitrogens with one attached hydrogen (secondary N) is 2. The van der Waals surface area contributed by atoms with E-state index in [-0.39, 0.29) is 36.9 Å². The number of ether oxygens (including phenoxy) is 2. The van der Waals surface area contributed by atoms with Gasteiger partial charge in [-0.2, -0.15) is 0 Å². The predicted octanol–water partition coefficient (Wildman–Crippen LogP) is 5.26. The van der Waals surface area contributed by atoms with E-state index in [1.807, 2.05) is 54.6 Å². The van der Waals surface area contributed by atoms with Crippen LogP contribution < -0.4 is 20.1 Å². The zero-order chi connectivity index (χ0) is 21.5. The van der Waals surface area contributed by atoms with Gasteiger partial charge in [-0.3, -0.25) is 4.98 Å². The molecule has 0 spiro atoms. The van der Waals surface area contributed by atoms with Crippen molar-refractivity contribution in [2.75, 3.05) is 31.6 Å². The molecule has 2 aromatic carbocycles. The Morgan fingerprint density at radius 3 is 2.52 bits per heavy atom. The number of benzene rings is 2. The number of piperazine rings is 1. The average Bonchev–Trinajstić information content (AvgIpc) is 2.80. The number of aromatic nitrogens is 1. The summed E-state index contributed by atoms with van der Waals surface area (Å²) in [6, 6.07) is 18.3. The first-order valence-corrected chi connectivity index (χ1v) is 10.4. The number of para-hydroxylation sites is 1. The quantitative estimate of drug-likeness (QED) is 0.472. The van der Waals surface area contributed by atoms with E-state index in [9.17, 15) is 4.79 Å². The average molecular weight is 512 g/mol. The molecule has 1 aliphatic rings. The second-order valence-electron chi connectivity index (χ2n) is 7.07. The highest BCUT2D eigenvalue weighted by atomic mass is 35.5. The molecule has 3 aromatic rings. The number of amides is 2. The molecule has 4 rings (SSSR count). The van der Waals surface area contributed by atoms with Gasteiger partial charge in [-0.05, 0) is 36.4 Å². The maximum absolute atomic E-state index is 12.9. The molecule has 2 heterocycles. The lowest BCUT2D eigenvalue weighted by Gasteiger charge is -2.35. The number of anilines is 1. The third-order valence-corrected chi connectivity index (χ3v) is 5.02. The zero-order valence-corrected chi connectivity index (χ0v) is 20.0. The van der Waals surface area contributed by atoms with E-state index in [4.69, 9.17) is 21.1 Å². The van der Waals surface area contributed by atoms with Gasteiger partial charge in [0, 0.05) is 37.6 Å². The summed E-state index contributed by atoms with van der Waals surface area (Å²) >= 11 is 5.95. The van der Waals surface area contributed by atoms with E-state index in [2.05, 4.69) is 15.6 Å². The van der Waals surface area contributed by atoms with E-state index in [0.717, 1.165) is 12.3 Å². The first-order chi connectivity index (χ1) is 15.2. The van der Waals surface area contributed by atoms with E-state index in [1.54, 1.807) is 23.4 Å². The van der Waals surface area contributed by atoms with Crippen LogP contribution in [0, 0.1) is 0 Å². The van der Waals surface area contributed by atoms with Crippen LogP contribution >= 0.6 is 36.4 Å². The number of hydrogen-bond acceptors (Lipinski definition) is 5. The van der Waals surface area contributed by atoms with Crippen LogP contribution in [0.2, 0.25) is 5.02 Å². The molecule has 176 valence electrons. The molecule has 0 saturated carbocycles. The van der Waals surface area contributed by atoms with Crippen molar-refractivity contribution in [2.24, 2.45) is 0 Å². The molecule has 2 N–H and O–H groups in total. The smallest absolute Gasteiger partial charge is 0.322 e. The highest BCUT2D eigenvalue weighted by Gasteiger charge is 2.27. The minimum atomic E-state index is -0.170. The monoisotopic (exact) mass is 510 g/mol. The van der Waals surface area contributed by atoms with Gasteiger partial charge in [-0.25, -0.2) is 4.79 Å². The van der Waals surface area contributed by atoms with Gasteiger partial charge in [0.15, 0.2) is 0 Å². The van der Waals surface area contributed by atoms with Gasteiger partial charge in [-0.15, -0.1) is 24.8 Å². The summed E-state index contributed by atoms with van der Waals surface area (Å²) < 4.78 is 11.6. The molecule has 2 amide bonds. The standard InChI is InChI=1S/C23H23ClN4O3.2ClH/c24-17-12-22(15-26-13-17)30-16-19-14-25-10-11-28(19)23(29)27-18-6-8-21(9-7-18)31-20-4-2-1-3-5-20;;/h1-9,12-13,15,19,25H,10-11,14,16H2,(H,27,29);2*1H. The normalized spacial score (nSPS) is 14.9. The maximum Gasteiger partial charge on any atom is 0.322 e. The molecule has 1 atom stereocenters. The third-order valence-electron chi connectivity index (χ3n) is 4.82. The Hall–Kier alpha value is -2.71. The molecule has 33 heavy (non-hydrogen) atoms. The Bertz CT molecular complexity index is 1010. The van der Waals surface area contributed by atoms with Crippen LogP contribution in [-0.2, 0) is 0 Å². The molecule has 0 bridgehead atoms. The number of halogens is 3. The Labute approximate surface area is 210 Å². The Kier molecular flexibility index (Phi) is 10.5. The minimum Gasteiger partial charge on any atom is -0.490 e. The van der Waals surface area contributed by atoms with Gasteiger partial charge < -0.3 is 25.0 Å². The van der Waals surface area contributed by atoms with Crippen molar-refractivity contribution in [1.29, 1.82) is 0 Å². The third kappa shape index (κ3) is 7.68. The summed E-state index contributed by atoms with van der Waals surface area (Å²) in [7, 11) is 0. The predicted molar refractivity (Wildman–Crippen MR) is 135 cm³/mol. The van der Waals surface area contributed by atoms with E-state index < -0.39 is 0 Å². The lowest BCUT2D eigenvalue weighted by Crippen LogP contribution is -2.57. The van der Waals surface area contributed by atoms with Crippen LogP contribution in [0.25, 0.3) is 0 Å². The molecule has 0 aliphatic carbocycles. The van der Waals surface area contributed by atoms with Crippen LogP contribution in [0.3, 0.4) is 0 Å². The second kappa shape index (κ2) is 13.1. The molecule has 10 heteroatoms. The Morgan fingerprint density at radius 2 is 1.79 bits per heavy atom. The van der Waals surface area contributed by atoms with Crippen molar-refractivity contribution in [1.82, 2.24) is 15.2 Å². The number of urea groups is 1. The summed E-state index contributed by atoms with van der Waals surface area (Å²) in [6.07, 6.45) is 3.15. The van der Waals surface area contributed by atoms with Gasteiger partial charge in [0.05, 0.1) is 17.3 Å². The fraction of sp³-hybridized carbons (Fsp3) is 0.217. The number of hydrogen-bond donors (Lipinski definition) is 2. The molecule has 1 aromatic heterocycles. The largest absolute Gasteiger partial charge is 0.490 e. The summed E-state index contributed by atoms with van der Waals surface area (Å²) in [5.41, 5.74) is 0.697. The number of pyridine rings is 1. The lowest BCUT2D eigenvalue weighted by molar-refractivity contribution is 0.133. The van der Waals surface area contributed by atoms with Crippen LogP contribution in [0.5, 0.6) is 17.2 Å². The minimum absolute atomic E-state index is 0.